The number of hydrogen-bond donors (Lipinski definition) is 2. The van der Waals surface area contributed by atoms with E-state index in [-0.39, 0.29) is 17.7 Å². The summed E-state index contributed by atoms with van der Waals surface area (Å²) < 4.78 is 0. The van der Waals surface area contributed by atoms with E-state index in [1.807, 2.05) is 6.07 Å². The average Bonchev–Trinajstić information content (AvgIpc) is 3.18. The molecule has 8 heteroatoms. The first-order chi connectivity index (χ1) is 12.5. The van der Waals surface area contributed by atoms with Crippen LogP contribution in [-0.4, -0.2) is 53.8 Å². The second kappa shape index (κ2) is 6.12. The number of carbonyl (C=O) groups is 4. The highest BCUT2D eigenvalue weighted by atomic mass is 16.2. The van der Waals surface area contributed by atoms with E-state index < -0.39 is 11.6 Å². The van der Waals surface area contributed by atoms with Crippen LogP contribution < -0.4 is 15.5 Å². The van der Waals surface area contributed by atoms with E-state index in [9.17, 15) is 19.2 Å². The molecule has 3 heterocycles. The maximum absolute atomic E-state index is 12.8. The lowest BCUT2D eigenvalue weighted by atomic mass is 9.87. The van der Waals surface area contributed by atoms with Crippen molar-refractivity contribution in [2.24, 2.45) is 0 Å². The highest BCUT2D eigenvalue weighted by molar-refractivity contribution is 6.07. The Balaban J connectivity index is 1.47. The molecule has 1 aromatic carbocycles. The number of nitrogens with zero attached hydrogens (tertiary/aromatic N) is 2. The van der Waals surface area contributed by atoms with Gasteiger partial charge in [0.25, 0.3) is 11.8 Å². The molecule has 0 saturated carbocycles. The number of benzene rings is 1. The van der Waals surface area contributed by atoms with E-state index >= 15 is 0 Å². The molecule has 8 nitrogen and oxygen atoms in total. The highest BCUT2D eigenvalue weighted by Crippen LogP contribution is 2.27. The minimum atomic E-state index is -0.891. The van der Waals surface area contributed by atoms with Crippen LogP contribution in [0.25, 0.3) is 0 Å². The summed E-state index contributed by atoms with van der Waals surface area (Å²) in [6.07, 6.45) is 2.15. The van der Waals surface area contributed by atoms with Crippen LogP contribution in [0.2, 0.25) is 0 Å². The van der Waals surface area contributed by atoms with Crippen molar-refractivity contribution in [2.45, 2.75) is 31.2 Å². The van der Waals surface area contributed by atoms with E-state index in [0.29, 0.717) is 44.5 Å². The smallest absolute Gasteiger partial charge is 0.322 e. The summed E-state index contributed by atoms with van der Waals surface area (Å²) in [6, 6.07) is 6.63. The van der Waals surface area contributed by atoms with E-state index in [0.717, 1.165) is 12.1 Å². The van der Waals surface area contributed by atoms with Crippen LogP contribution in [0.3, 0.4) is 0 Å². The van der Waals surface area contributed by atoms with Crippen molar-refractivity contribution in [3.8, 4) is 0 Å². The van der Waals surface area contributed by atoms with Gasteiger partial charge in [-0.25, -0.2) is 4.79 Å². The zero-order chi connectivity index (χ0) is 18.3. The summed E-state index contributed by atoms with van der Waals surface area (Å²) in [7, 11) is 0. The van der Waals surface area contributed by atoms with Crippen LogP contribution in [0, 0.1) is 0 Å². The molecule has 3 saturated heterocycles. The molecular formula is C18H20N4O4. The Hall–Kier alpha value is -2.90. The fraction of sp³-hybridized carbons (Fsp3) is 0.444. The van der Waals surface area contributed by atoms with Crippen molar-refractivity contribution in [3.05, 3.63) is 29.8 Å². The summed E-state index contributed by atoms with van der Waals surface area (Å²) in [5, 5.41) is 4.95. The summed E-state index contributed by atoms with van der Waals surface area (Å²) in [5.74, 6) is -0.361. The first kappa shape index (κ1) is 16.6. The molecular weight excluding hydrogens is 336 g/mol. The number of urea groups is 1. The molecule has 2 N–H and O–H groups in total. The fourth-order valence-corrected chi connectivity index (χ4v) is 3.88. The van der Waals surface area contributed by atoms with Gasteiger partial charge in [-0.15, -0.1) is 0 Å². The Morgan fingerprint density at radius 3 is 2.46 bits per heavy atom. The first-order valence-electron chi connectivity index (χ1n) is 8.82. The van der Waals surface area contributed by atoms with Crippen molar-refractivity contribution in [3.63, 3.8) is 0 Å². The molecule has 136 valence electrons. The SMILES string of the molecule is O=C1NC(=O)C2(CCN(C(=O)c3cccc(N4CCCC4=O)c3)CC2)N1. The average molecular weight is 356 g/mol. The molecule has 3 aliphatic heterocycles. The van der Waals surface area contributed by atoms with Crippen LogP contribution in [0.5, 0.6) is 0 Å². The number of piperidine rings is 1. The molecule has 0 bridgehead atoms. The lowest BCUT2D eigenvalue weighted by Crippen LogP contribution is -2.55. The van der Waals surface area contributed by atoms with Crippen LogP contribution in [0.1, 0.15) is 36.0 Å². The molecule has 3 aliphatic rings. The summed E-state index contributed by atoms with van der Waals surface area (Å²) in [5.41, 5.74) is 0.379. The topological polar surface area (TPSA) is 98.8 Å². The number of anilines is 1. The molecule has 5 amide bonds. The van der Waals surface area contributed by atoms with Crippen molar-refractivity contribution in [1.29, 1.82) is 0 Å². The number of carbonyl (C=O) groups excluding carboxylic acids is 4. The predicted octanol–water partition coefficient (Wildman–Crippen LogP) is 0.628. The third-order valence-electron chi connectivity index (χ3n) is 5.40. The van der Waals surface area contributed by atoms with Crippen LogP contribution >= 0.6 is 0 Å². The standard InChI is InChI=1S/C18H20N4O4/c23-14-5-2-8-22(14)13-4-1-3-12(11-13)15(24)21-9-6-18(7-10-21)16(25)19-17(26)20-18/h1,3-4,11H,2,5-10H2,(H2,19,20,25,26). The minimum absolute atomic E-state index is 0.0810. The molecule has 0 radical (unpaired) electrons. The zero-order valence-electron chi connectivity index (χ0n) is 14.3. The van der Waals surface area contributed by atoms with Gasteiger partial charge in [-0.1, -0.05) is 6.07 Å². The molecule has 0 aromatic heterocycles. The Kier molecular flexibility index (Phi) is 3.90. The maximum atomic E-state index is 12.8. The zero-order valence-corrected chi connectivity index (χ0v) is 14.3. The van der Waals surface area contributed by atoms with Gasteiger partial charge in [0.05, 0.1) is 0 Å². The van der Waals surface area contributed by atoms with Crippen molar-refractivity contribution < 1.29 is 19.2 Å². The fourth-order valence-electron chi connectivity index (χ4n) is 3.88. The molecule has 0 atom stereocenters. The Morgan fingerprint density at radius 1 is 1.08 bits per heavy atom. The Labute approximate surface area is 150 Å². The van der Waals surface area contributed by atoms with Gasteiger partial charge >= 0.3 is 6.03 Å². The number of rotatable bonds is 2. The third-order valence-corrected chi connectivity index (χ3v) is 5.40. The quantitative estimate of drug-likeness (QED) is 0.759. The van der Waals surface area contributed by atoms with Crippen LogP contribution in [0.15, 0.2) is 24.3 Å². The lowest BCUT2D eigenvalue weighted by Gasteiger charge is -2.37. The number of hydrogen-bond acceptors (Lipinski definition) is 4. The van der Waals surface area contributed by atoms with E-state index in [1.54, 1.807) is 28.0 Å². The van der Waals surface area contributed by atoms with Gasteiger partial charge in [0.15, 0.2) is 0 Å². The highest BCUT2D eigenvalue weighted by Gasteiger charge is 2.48. The summed E-state index contributed by atoms with van der Waals surface area (Å²) in [4.78, 5) is 51.5. The summed E-state index contributed by atoms with van der Waals surface area (Å²) >= 11 is 0. The molecule has 4 rings (SSSR count). The second-order valence-electron chi connectivity index (χ2n) is 6.98. The molecule has 1 aromatic rings. The van der Waals surface area contributed by atoms with E-state index in [4.69, 9.17) is 0 Å². The number of imide groups is 1. The molecule has 1 spiro atoms. The Bertz CT molecular complexity index is 798. The van der Waals surface area contributed by atoms with Crippen molar-refractivity contribution >= 4 is 29.4 Å². The Morgan fingerprint density at radius 2 is 1.85 bits per heavy atom. The largest absolute Gasteiger partial charge is 0.338 e. The summed E-state index contributed by atoms with van der Waals surface area (Å²) in [6.45, 7) is 1.45. The van der Waals surface area contributed by atoms with Crippen LogP contribution in [-0.2, 0) is 9.59 Å². The lowest BCUT2D eigenvalue weighted by molar-refractivity contribution is -0.125. The molecule has 3 fully saturated rings. The van der Waals surface area contributed by atoms with Crippen LogP contribution in [0.4, 0.5) is 10.5 Å². The van der Waals surface area contributed by atoms with Crippen molar-refractivity contribution in [1.82, 2.24) is 15.5 Å². The minimum Gasteiger partial charge on any atom is -0.338 e. The number of amides is 5. The molecule has 0 aliphatic carbocycles. The van der Waals surface area contributed by atoms with Gasteiger partial charge in [0.1, 0.15) is 5.54 Å². The normalized spacial score (nSPS) is 21.9. The maximum Gasteiger partial charge on any atom is 0.322 e. The van der Waals surface area contributed by atoms with Gasteiger partial charge < -0.3 is 15.1 Å². The van der Waals surface area contributed by atoms with Gasteiger partial charge in [-0.3, -0.25) is 19.7 Å². The number of likely N-dealkylation sites (tertiary alicyclic amines) is 1. The molecule has 26 heavy (non-hydrogen) atoms. The van der Waals surface area contributed by atoms with E-state index in [1.165, 1.54) is 0 Å². The third kappa shape index (κ3) is 2.71. The number of nitrogens with one attached hydrogen (secondary N) is 2. The van der Waals surface area contributed by atoms with Gasteiger partial charge in [0, 0.05) is 37.3 Å². The molecule has 0 unspecified atom stereocenters. The predicted molar refractivity (Wildman–Crippen MR) is 92.6 cm³/mol. The van der Waals surface area contributed by atoms with Crippen molar-refractivity contribution in [2.75, 3.05) is 24.5 Å². The monoisotopic (exact) mass is 356 g/mol. The first-order valence-corrected chi connectivity index (χ1v) is 8.82. The van der Waals surface area contributed by atoms with Gasteiger partial charge in [0.2, 0.25) is 5.91 Å². The van der Waals surface area contributed by atoms with Gasteiger partial charge in [-0.2, -0.15) is 0 Å². The van der Waals surface area contributed by atoms with Gasteiger partial charge in [-0.05, 0) is 37.5 Å². The second-order valence-corrected chi connectivity index (χ2v) is 6.98. The van der Waals surface area contributed by atoms with E-state index in [2.05, 4.69) is 10.6 Å².